The lowest BCUT2D eigenvalue weighted by molar-refractivity contribution is 1.13. The van der Waals surface area contributed by atoms with E-state index in [1.807, 2.05) is 19.2 Å². The van der Waals surface area contributed by atoms with E-state index in [1.165, 1.54) is 18.0 Å². The summed E-state index contributed by atoms with van der Waals surface area (Å²) in [5.41, 5.74) is 9.54. The minimum absolute atomic E-state index is 0.743. The molecule has 80 valence electrons. The monoisotopic (exact) mass is 203 g/mol. The van der Waals surface area contributed by atoms with Crippen LogP contribution in [0.15, 0.2) is 24.4 Å². The maximum Gasteiger partial charge on any atom is 0.0370 e. The van der Waals surface area contributed by atoms with Gasteiger partial charge in [-0.25, -0.2) is 0 Å². The molecule has 0 aliphatic heterocycles. The van der Waals surface area contributed by atoms with Crippen LogP contribution in [0.4, 0.5) is 5.69 Å². The molecule has 0 amide bonds. The molecule has 1 rings (SSSR count). The number of allylic oxidation sites excluding steroid dienone is 1. The first-order chi connectivity index (χ1) is 7.26. The molecule has 0 aromatic heterocycles. The average Bonchev–Trinajstić information content (AvgIpc) is 2.30. The molecule has 3 heteroatoms. The highest BCUT2D eigenvalue weighted by Gasteiger charge is 2.03. The molecule has 1 aromatic rings. The molecule has 0 fully saturated rings. The van der Waals surface area contributed by atoms with Crippen molar-refractivity contribution in [2.75, 3.05) is 12.4 Å². The molecule has 0 heterocycles. The fourth-order valence-electron chi connectivity index (χ4n) is 1.54. The predicted octanol–water partition coefficient (Wildman–Crippen LogP) is 2.24. The second-order valence-corrected chi connectivity index (χ2v) is 3.24. The summed E-state index contributed by atoms with van der Waals surface area (Å²) in [7, 11) is 1.91. The van der Waals surface area contributed by atoms with Crippen molar-refractivity contribution in [3.05, 3.63) is 35.5 Å². The minimum Gasteiger partial charge on any atom is -0.404 e. The summed E-state index contributed by atoms with van der Waals surface area (Å²) in [6, 6.07) is 6.05. The van der Waals surface area contributed by atoms with Crippen molar-refractivity contribution < 1.29 is 0 Å². The molecule has 0 unspecified atom stereocenters. The lowest BCUT2D eigenvalue weighted by Gasteiger charge is -2.09. The van der Waals surface area contributed by atoms with Gasteiger partial charge in [-0.1, -0.05) is 13.0 Å². The summed E-state index contributed by atoms with van der Waals surface area (Å²) in [4.78, 5) is 0. The molecule has 15 heavy (non-hydrogen) atoms. The van der Waals surface area contributed by atoms with Crippen LogP contribution in [0.25, 0.3) is 5.57 Å². The van der Waals surface area contributed by atoms with Crippen LogP contribution in [0.3, 0.4) is 0 Å². The van der Waals surface area contributed by atoms with Gasteiger partial charge in [0.15, 0.2) is 0 Å². The Balaban J connectivity index is 3.18. The largest absolute Gasteiger partial charge is 0.404 e. The van der Waals surface area contributed by atoms with Crippen molar-refractivity contribution in [2.24, 2.45) is 5.73 Å². The lowest BCUT2D eigenvalue weighted by Crippen LogP contribution is -1.97. The van der Waals surface area contributed by atoms with E-state index in [4.69, 9.17) is 11.1 Å². The van der Waals surface area contributed by atoms with Crippen molar-refractivity contribution in [1.82, 2.24) is 0 Å². The fourth-order valence-corrected chi connectivity index (χ4v) is 1.54. The van der Waals surface area contributed by atoms with E-state index in [1.54, 1.807) is 0 Å². The Morgan fingerprint density at radius 3 is 2.73 bits per heavy atom. The van der Waals surface area contributed by atoms with Gasteiger partial charge in [0.25, 0.3) is 0 Å². The molecule has 4 N–H and O–H groups in total. The molecule has 0 bridgehead atoms. The number of hydrogen-bond donors (Lipinski definition) is 3. The van der Waals surface area contributed by atoms with Gasteiger partial charge < -0.3 is 16.5 Å². The van der Waals surface area contributed by atoms with Crippen LogP contribution in [-0.4, -0.2) is 13.3 Å². The Labute approximate surface area is 90.5 Å². The molecule has 1 aromatic carbocycles. The SMILES string of the molecule is CCc1cc(/C(C=N)=C/N)ccc1NC. The summed E-state index contributed by atoms with van der Waals surface area (Å²) in [5, 5.41) is 10.4. The van der Waals surface area contributed by atoms with Gasteiger partial charge in [-0.2, -0.15) is 0 Å². The van der Waals surface area contributed by atoms with Gasteiger partial charge >= 0.3 is 0 Å². The second kappa shape index (κ2) is 5.20. The van der Waals surface area contributed by atoms with E-state index < -0.39 is 0 Å². The summed E-state index contributed by atoms with van der Waals surface area (Å²) in [6.07, 6.45) is 3.69. The molecular weight excluding hydrogens is 186 g/mol. The summed E-state index contributed by atoms with van der Waals surface area (Å²) in [5.74, 6) is 0. The molecule has 0 atom stereocenters. The normalized spacial score (nSPS) is 11.2. The quantitative estimate of drug-likeness (QED) is 0.657. The molecule has 0 saturated heterocycles. The van der Waals surface area contributed by atoms with E-state index in [9.17, 15) is 0 Å². The first-order valence-corrected chi connectivity index (χ1v) is 5.00. The Morgan fingerprint density at radius 2 is 2.27 bits per heavy atom. The van der Waals surface area contributed by atoms with Crippen molar-refractivity contribution in [3.8, 4) is 0 Å². The van der Waals surface area contributed by atoms with Crippen LogP contribution >= 0.6 is 0 Å². The number of hydrogen-bond acceptors (Lipinski definition) is 3. The van der Waals surface area contributed by atoms with Gasteiger partial charge in [-0.15, -0.1) is 0 Å². The molecule has 0 aliphatic rings. The first kappa shape index (κ1) is 11.3. The van der Waals surface area contributed by atoms with Gasteiger partial charge in [0.1, 0.15) is 0 Å². The van der Waals surface area contributed by atoms with E-state index in [0.717, 1.165) is 23.2 Å². The van der Waals surface area contributed by atoms with Crippen LogP contribution in [0.1, 0.15) is 18.1 Å². The predicted molar refractivity (Wildman–Crippen MR) is 66.3 cm³/mol. The first-order valence-electron chi connectivity index (χ1n) is 5.00. The maximum absolute atomic E-state index is 7.23. The fraction of sp³-hybridized carbons (Fsp3) is 0.250. The Kier molecular flexibility index (Phi) is 3.92. The standard InChI is InChI=1S/C12H17N3/c1-3-9-6-10(11(7-13)8-14)4-5-12(9)15-2/h4-8,13,15H,3,14H2,1-2H3/b11-8+,13-7?. The molecular formula is C12H17N3. The average molecular weight is 203 g/mol. The zero-order chi connectivity index (χ0) is 11.3. The minimum atomic E-state index is 0.743. The van der Waals surface area contributed by atoms with Gasteiger partial charge in [-0.05, 0) is 29.7 Å². The van der Waals surface area contributed by atoms with Crippen molar-refractivity contribution in [3.63, 3.8) is 0 Å². The number of anilines is 1. The van der Waals surface area contributed by atoms with Crippen LogP contribution in [0, 0.1) is 5.41 Å². The van der Waals surface area contributed by atoms with Crippen LogP contribution in [0.5, 0.6) is 0 Å². The smallest absolute Gasteiger partial charge is 0.0370 e. The Bertz CT molecular complexity index is 380. The Morgan fingerprint density at radius 1 is 1.53 bits per heavy atom. The van der Waals surface area contributed by atoms with Crippen LogP contribution < -0.4 is 11.1 Å². The van der Waals surface area contributed by atoms with Crippen LogP contribution in [0.2, 0.25) is 0 Å². The highest BCUT2D eigenvalue weighted by Crippen LogP contribution is 2.21. The highest BCUT2D eigenvalue weighted by atomic mass is 14.8. The van der Waals surface area contributed by atoms with E-state index in [-0.39, 0.29) is 0 Å². The topological polar surface area (TPSA) is 61.9 Å². The van der Waals surface area contributed by atoms with E-state index in [0.29, 0.717) is 0 Å². The van der Waals surface area contributed by atoms with Crippen molar-refractivity contribution in [2.45, 2.75) is 13.3 Å². The van der Waals surface area contributed by atoms with Gasteiger partial charge in [-0.3, -0.25) is 0 Å². The van der Waals surface area contributed by atoms with Gasteiger partial charge in [0.05, 0.1) is 0 Å². The third kappa shape index (κ3) is 2.37. The molecule has 0 radical (unpaired) electrons. The van der Waals surface area contributed by atoms with E-state index >= 15 is 0 Å². The van der Waals surface area contributed by atoms with E-state index in [2.05, 4.69) is 18.3 Å². The molecule has 0 spiro atoms. The van der Waals surface area contributed by atoms with Gasteiger partial charge in [0, 0.05) is 30.7 Å². The molecule has 3 nitrogen and oxygen atoms in total. The number of rotatable bonds is 4. The van der Waals surface area contributed by atoms with Crippen molar-refractivity contribution in [1.29, 1.82) is 5.41 Å². The van der Waals surface area contributed by atoms with Crippen LogP contribution in [-0.2, 0) is 6.42 Å². The number of aryl methyl sites for hydroxylation is 1. The zero-order valence-electron chi connectivity index (χ0n) is 9.17. The summed E-state index contributed by atoms with van der Waals surface area (Å²) >= 11 is 0. The highest BCUT2D eigenvalue weighted by molar-refractivity contribution is 6.08. The summed E-state index contributed by atoms with van der Waals surface area (Å²) in [6.45, 7) is 2.11. The Hall–Kier alpha value is -1.77. The molecule has 0 saturated carbocycles. The zero-order valence-corrected chi connectivity index (χ0v) is 9.17. The van der Waals surface area contributed by atoms with Gasteiger partial charge in [0.2, 0.25) is 0 Å². The number of nitrogens with two attached hydrogens (primary N) is 1. The number of nitrogens with one attached hydrogen (secondary N) is 2. The maximum atomic E-state index is 7.23. The molecule has 0 aliphatic carbocycles. The summed E-state index contributed by atoms with van der Waals surface area (Å²) < 4.78 is 0. The third-order valence-electron chi connectivity index (χ3n) is 2.42. The third-order valence-corrected chi connectivity index (χ3v) is 2.42. The lowest BCUT2D eigenvalue weighted by atomic mass is 10.0. The second-order valence-electron chi connectivity index (χ2n) is 3.24. The number of benzene rings is 1. The van der Waals surface area contributed by atoms with Crippen molar-refractivity contribution >= 4 is 17.5 Å².